The third-order valence-electron chi connectivity index (χ3n) is 4.14. The average Bonchev–Trinajstić information content (AvgIpc) is 3.03. The first kappa shape index (κ1) is 21.9. The van der Waals surface area contributed by atoms with E-state index in [1.807, 2.05) is 0 Å². The van der Waals surface area contributed by atoms with Crippen LogP contribution in [0.15, 0.2) is 48.7 Å². The summed E-state index contributed by atoms with van der Waals surface area (Å²) in [6, 6.07) is 12.3. The maximum absolute atomic E-state index is 12.3. The van der Waals surface area contributed by atoms with Crippen LogP contribution < -0.4 is 16.4 Å². The number of carbonyl (C=O) groups excluding carboxylic acids is 2. The van der Waals surface area contributed by atoms with Crippen molar-refractivity contribution in [1.82, 2.24) is 4.98 Å². The zero-order valence-electron chi connectivity index (χ0n) is 14.1. The van der Waals surface area contributed by atoms with E-state index in [0.717, 1.165) is 12.8 Å². The number of hydrogen-bond acceptors (Lipinski definition) is 4. The molecule has 0 saturated heterocycles. The maximum atomic E-state index is 12.3. The normalized spacial score (nSPS) is 18.2. The highest BCUT2D eigenvalue weighted by Gasteiger charge is 2.27. The molecule has 2 unspecified atom stereocenters. The van der Waals surface area contributed by atoms with E-state index in [4.69, 9.17) is 5.73 Å². The van der Waals surface area contributed by atoms with E-state index in [9.17, 15) is 9.59 Å². The molecule has 0 bridgehead atoms. The van der Waals surface area contributed by atoms with Gasteiger partial charge >= 0.3 is 0 Å². The lowest BCUT2D eigenvalue weighted by molar-refractivity contribution is -0.119. The number of nitrogens with one attached hydrogen (secondary N) is 2. The van der Waals surface area contributed by atoms with Crippen molar-refractivity contribution in [3.8, 4) is 0 Å². The van der Waals surface area contributed by atoms with Crippen molar-refractivity contribution in [2.24, 2.45) is 11.7 Å². The van der Waals surface area contributed by atoms with E-state index < -0.39 is 0 Å². The van der Waals surface area contributed by atoms with E-state index in [-0.39, 0.29) is 48.6 Å². The SMILES string of the molecule is Cl.Cl.NC1CCC(C(=O)Nc2cccc(C(=O)Nc3ccccn3)c2)C1. The summed E-state index contributed by atoms with van der Waals surface area (Å²) in [6.45, 7) is 0. The number of halogens is 2. The van der Waals surface area contributed by atoms with Gasteiger partial charge in [-0.05, 0) is 49.6 Å². The average molecular weight is 397 g/mol. The number of hydrogen-bond donors (Lipinski definition) is 3. The predicted molar refractivity (Wildman–Crippen MR) is 107 cm³/mol. The van der Waals surface area contributed by atoms with Gasteiger partial charge in [0, 0.05) is 29.4 Å². The van der Waals surface area contributed by atoms with Crippen LogP contribution in [0.4, 0.5) is 11.5 Å². The fraction of sp³-hybridized carbons (Fsp3) is 0.278. The first-order chi connectivity index (χ1) is 11.6. The molecule has 2 amide bonds. The van der Waals surface area contributed by atoms with Crippen LogP contribution in [-0.4, -0.2) is 22.8 Å². The van der Waals surface area contributed by atoms with Crippen LogP contribution in [-0.2, 0) is 4.79 Å². The molecule has 1 aliphatic rings. The molecule has 4 N–H and O–H groups in total. The molecular formula is C18H22Cl2N4O2. The van der Waals surface area contributed by atoms with Gasteiger partial charge in [0.15, 0.2) is 0 Å². The first-order valence-corrected chi connectivity index (χ1v) is 8.01. The van der Waals surface area contributed by atoms with Gasteiger partial charge in [0.1, 0.15) is 5.82 Å². The van der Waals surface area contributed by atoms with Gasteiger partial charge in [-0.25, -0.2) is 4.98 Å². The topological polar surface area (TPSA) is 97.1 Å². The van der Waals surface area contributed by atoms with Crippen molar-refractivity contribution >= 4 is 48.1 Å². The summed E-state index contributed by atoms with van der Waals surface area (Å²) in [4.78, 5) is 28.6. The second kappa shape index (κ2) is 10.1. The zero-order valence-corrected chi connectivity index (χ0v) is 15.7. The number of benzene rings is 1. The molecule has 3 rings (SSSR count). The van der Waals surface area contributed by atoms with Crippen LogP contribution in [0.3, 0.4) is 0 Å². The summed E-state index contributed by atoms with van der Waals surface area (Å²) in [7, 11) is 0. The van der Waals surface area contributed by atoms with Crippen molar-refractivity contribution in [2.75, 3.05) is 10.6 Å². The summed E-state index contributed by atoms with van der Waals surface area (Å²) < 4.78 is 0. The largest absolute Gasteiger partial charge is 0.328 e. The molecule has 6 nitrogen and oxygen atoms in total. The monoisotopic (exact) mass is 396 g/mol. The number of rotatable bonds is 4. The summed E-state index contributed by atoms with van der Waals surface area (Å²) in [6.07, 6.45) is 4.02. The Morgan fingerprint density at radius 3 is 2.50 bits per heavy atom. The van der Waals surface area contributed by atoms with Crippen LogP contribution in [0.1, 0.15) is 29.6 Å². The quantitative estimate of drug-likeness (QED) is 0.738. The molecule has 8 heteroatoms. The fourth-order valence-corrected chi connectivity index (χ4v) is 2.86. The zero-order chi connectivity index (χ0) is 16.9. The second-order valence-electron chi connectivity index (χ2n) is 6.01. The highest BCUT2D eigenvalue weighted by molar-refractivity contribution is 6.05. The fourth-order valence-electron chi connectivity index (χ4n) is 2.86. The molecule has 2 atom stereocenters. The van der Waals surface area contributed by atoms with E-state index in [0.29, 0.717) is 23.5 Å². The molecule has 2 aromatic rings. The van der Waals surface area contributed by atoms with Crippen molar-refractivity contribution in [2.45, 2.75) is 25.3 Å². The molecule has 1 fully saturated rings. The summed E-state index contributed by atoms with van der Waals surface area (Å²) in [5.41, 5.74) is 6.92. The van der Waals surface area contributed by atoms with E-state index in [1.54, 1.807) is 48.7 Å². The lowest BCUT2D eigenvalue weighted by atomic mass is 10.1. The molecule has 0 radical (unpaired) electrons. The Morgan fingerprint density at radius 2 is 1.85 bits per heavy atom. The van der Waals surface area contributed by atoms with Crippen molar-refractivity contribution in [3.05, 3.63) is 54.2 Å². The molecule has 1 aromatic carbocycles. The van der Waals surface area contributed by atoms with Crippen LogP contribution >= 0.6 is 24.8 Å². The minimum absolute atomic E-state index is 0. The highest BCUT2D eigenvalue weighted by Crippen LogP contribution is 2.25. The van der Waals surface area contributed by atoms with Gasteiger partial charge in [-0.1, -0.05) is 12.1 Å². The Morgan fingerprint density at radius 1 is 1.04 bits per heavy atom. The smallest absolute Gasteiger partial charge is 0.256 e. The Bertz CT molecular complexity index is 743. The molecule has 26 heavy (non-hydrogen) atoms. The minimum Gasteiger partial charge on any atom is -0.328 e. The number of carbonyl (C=O) groups is 2. The summed E-state index contributed by atoms with van der Waals surface area (Å²) in [5.74, 6) is 0.126. The van der Waals surface area contributed by atoms with Gasteiger partial charge in [-0.3, -0.25) is 9.59 Å². The number of amides is 2. The van der Waals surface area contributed by atoms with E-state index >= 15 is 0 Å². The Hall–Kier alpha value is -2.15. The van der Waals surface area contributed by atoms with Crippen LogP contribution in [0.25, 0.3) is 0 Å². The van der Waals surface area contributed by atoms with Gasteiger partial charge in [-0.15, -0.1) is 24.8 Å². The first-order valence-electron chi connectivity index (χ1n) is 8.01. The Balaban J connectivity index is 0.00000169. The van der Waals surface area contributed by atoms with Gasteiger partial charge in [-0.2, -0.15) is 0 Å². The van der Waals surface area contributed by atoms with Crippen molar-refractivity contribution in [3.63, 3.8) is 0 Å². The number of nitrogens with zero attached hydrogens (tertiary/aromatic N) is 1. The Kier molecular flexibility index (Phi) is 8.51. The predicted octanol–water partition coefficient (Wildman–Crippen LogP) is 3.24. The molecule has 1 saturated carbocycles. The van der Waals surface area contributed by atoms with Gasteiger partial charge < -0.3 is 16.4 Å². The lowest BCUT2D eigenvalue weighted by Crippen LogP contribution is -2.23. The highest BCUT2D eigenvalue weighted by atomic mass is 35.5. The molecule has 0 aliphatic heterocycles. The number of pyridine rings is 1. The minimum atomic E-state index is -0.271. The number of aromatic nitrogens is 1. The molecular weight excluding hydrogens is 375 g/mol. The van der Waals surface area contributed by atoms with Crippen LogP contribution in [0, 0.1) is 5.92 Å². The molecule has 1 heterocycles. The van der Waals surface area contributed by atoms with Gasteiger partial charge in [0.05, 0.1) is 0 Å². The Labute approximate surface area is 164 Å². The van der Waals surface area contributed by atoms with Crippen LogP contribution in [0.5, 0.6) is 0 Å². The summed E-state index contributed by atoms with van der Waals surface area (Å²) in [5, 5.41) is 5.59. The standard InChI is InChI=1S/C18H20N4O2.2ClH/c19-14-8-7-13(10-14)17(23)21-15-5-3-4-12(11-15)18(24)22-16-6-1-2-9-20-16;;/h1-6,9,11,13-14H,7-8,10,19H2,(H,21,23)(H,20,22,24);2*1H. The van der Waals surface area contributed by atoms with E-state index in [1.165, 1.54) is 0 Å². The van der Waals surface area contributed by atoms with Crippen LogP contribution in [0.2, 0.25) is 0 Å². The van der Waals surface area contributed by atoms with E-state index in [2.05, 4.69) is 15.6 Å². The third kappa shape index (κ3) is 5.69. The van der Waals surface area contributed by atoms with Gasteiger partial charge in [0.2, 0.25) is 5.91 Å². The number of nitrogens with two attached hydrogens (primary N) is 1. The molecule has 0 spiro atoms. The third-order valence-corrected chi connectivity index (χ3v) is 4.14. The van der Waals surface area contributed by atoms with Gasteiger partial charge in [0.25, 0.3) is 5.91 Å². The maximum Gasteiger partial charge on any atom is 0.256 e. The summed E-state index contributed by atoms with van der Waals surface area (Å²) >= 11 is 0. The number of anilines is 2. The second-order valence-corrected chi connectivity index (χ2v) is 6.01. The van der Waals surface area contributed by atoms with Crippen molar-refractivity contribution in [1.29, 1.82) is 0 Å². The van der Waals surface area contributed by atoms with Crippen molar-refractivity contribution < 1.29 is 9.59 Å². The lowest BCUT2D eigenvalue weighted by Gasteiger charge is -2.12. The molecule has 1 aliphatic carbocycles. The molecule has 1 aromatic heterocycles. The molecule has 140 valence electrons.